The van der Waals surface area contributed by atoms with Crippen LogP contribution in [-0.4, -0.2) is 34.1 Å². The van der Waals surface area contributed by atoms with Gasteiger partial charge in [-0.25, -0.2) is 9.97 Å². The second-order valence-electron chi connectivity index (χ2n) is 5.61. The molecule has 0 radical (unpaired) electrons. The molecule has 1 aliphatic rings. The third-order valence-corrected chi connectivity index (χ3v) is 4.03. The zero-order valence-electron chi connectivity index (χ0n) is 11.4. The minimum absolute atomic E-state index is 0.489. The van der Waals surface area contributed by atoms with Crippen LogP contribution in [0, 0.1) is 5.41 Å². The first-order chi connectivity index (χ1) is 9.60. The number of hydrogen-bond donors (Lipinski definition) is 1. The lowest BCUT2D eigenvalue weighted by atomic mass is 9.82. The number of anilines is 1. The molecule has 0 aliphatic carbocycles. The average molecular weight is 271 g/mol. The lowest BCUT2D eigenvalue weighted by molar-refractivity contribution is -0.148. The molecule has 0 amide bonds. The summed E-state index contributed by atoms with van der Waals surface area (Å²) in [6, 6.07) is 7.82. The van der Waals surface area contributed by atoms with Gasteiger partial charge in [0.1, 0.15) is 12.1 Å². The zero-order valence-corrected chi connectivity index (χ0v) is 11.4. The fraction of sp³-hybridized carbons (Fsp3) is 0.400. The standard InChI is InChI=1S/C15H17N3O2/c1-15(14(19)20)7-4-8-18(9-15)13-11-5-2-3-6-12(11)16-10-17-13/h2-3,5-6,10H,4,7-9H2,1H3,(H,19,20). The van der Waals surface area contributed by atoms with Gasteiger partial charge in [0.05, 0.1) is 10.9 Å². The van der Waals surface area contributed by atoms with Gasteiger partial charge in [-0.2, -0.15) is 0 Å². The van der Waals surface area contributed by atoms with Crippen molar-refractivity contribution in [1.82, 2.24) is 9.97 Å². The zero-order chi connectivity index (χ0) is 14.2. The molecule has 20 heavy (non-hydrogen) atoms. The van der Waals surface area contributed by atoms with Gasteiger partial charge in [-0.3, -0.25) is 4.79 Å². The predicted molar refractivity (Wildman–Crippen MR) is 76.7 cm³/mol. The fourth-order valence-electron chi connectivity index (χ4n) is 2.84. The topological polar surface area (TPSA) is 66.3 Å². The highest BCUT2D eigenvalue weighted by atomic mass is 16.4. The normalized spacial score (nSPS) is 22.9. The van der Waals surface area contributed by atoms with E-state index >= 15 is 0 Å². The monoisotopic (exact) mass is 271 g/mol. The van der Waals surface area contributed by atoms with Crippen LogP contribution in [0.4, 0.5) is 5.82 Å². The molecule has 3 rings (SSSR count). The van der Waals surface area contributed by atoms with Crippen molar-refractivity contribution in [2.75, 3.05) is 18.0 Å². The number of aliphatic carboxylic acids is 1. The van der Waals surface area contributed by atoms with Crippen LogP contribution in [0.25, 0.3) is 10.9 Å². The first-order valence-corrected chi connectivity index (χ1v) is 6.78. The third-order valence-electron chi connectivity index (χ3n) is 4.03. The molecule has 0 spiro atoms. The average Bonchev–Trinajstić information content (AvgIpc) is 2.46. The molecular weight excluding hydrogens is 254 g/mol. The highest BCUT2D eigenvalue weighted by Gasteiger charge is 2.38. The van der Waals surface area contributed by atoms with Crippen LogP contribution in [0.15, 0.2) is 30.6 Å². The van der Waals surface area contributed by atoms with E-state index in [2.05, 4.69) is 14.9 Å². The van der Waals surface area contributed by atoms with Gasteiger partial charge < -0.3 is 10.0 Å². The van der Waals surface area contributed by atoms with E-state index in [0.717, 1.165) is 29.7 Å². The van der Waals surface area contributed by atoms with Crippen LogP contribution >= 0.6 is 0 Å². The number of carboxylic acid groups (broad SMARTS) is 1. The van der Waals surface area contributed by atoms with Crippen molar-refractivity contribution in [2.45, 2.75) is 19.8 Å². The number of carbonyl (C=O) groups is 1. The maximum Gasteiger partial charge on any atom is 0.311 e. The number of fused-ring (bicyclic) bond motifs is 1. The Balaban J connectivity index is 2.01. The van der Waals surface area contributed by atoms with Crippen molar-refractivity contribution >= 4 is 22.7 Å². The van der Waals surface area contributed by atoms with Gasteiger partial charge in [0, 0.05) is 18.5 Å². The van der Waals surface area contributed by atoms with Gasteiger partial charge in [-0.1, -0.05) is 12.1 Å². The third kappa shape index (κ3) is 2.09. The molecule has 104 valence electrons. The van der Waals surface area contributed by atoms with Crippen LogP contribution < -0.4 is 4.90 Å². The molecule has 1 aliphatic heterocycles. The fourth-order valence-corrected chi connectivity index (χ4v) is 2.84. The Hall–Kier alpha value is -2.17. The Kier molecular flexibility index (Phi) is 3.04. The molecular formula is C15H17N3O2. The quantitative estimate of drug-likeness (QED) is 0.908. The van der Waals surface area contributed by atoms with Crippen LogP contribution in [0.1, 0.15) is 19.8 Å². The summed E-state index contributed by atoms with van der Waals surface area (Å²) in [6.07, 6.45) is 3.12. The Bertz CT molecular complexity index is 653. The van der Waals surface area contributed by atoms with E-state index in [1.54, 1.807) is 6.33 Å². The summed E-state index contributed by atoms with van der Waals surface area (Å²) in [5.41, 5.74) is 0.185. The maximum absolute atomic E-state index is 11.5. The molecule has 2 aromatic rings. The number of piperidine rings is 1. The molecule has 5 heteroatoms. The van der Waals surface area contributed by atoms with Crippen molar-refractivity contribution in [2.24, 2.45) is 5.41 Å². The number of rotatable bonds is 2. The number of carboxylic acids is 1. The molecule has 0 bridgehead atoms. The predicted octanol–water partition coefficient (Wildman–Crippen LogP) is 2.32. The smallest absolute Gasteiger partial charge is 0.311 e. The largest absolute Gasteiger partial charge is 0.481 e. The SMILES string of the molecule is CC1(C(=O)O)CCCN(c2ncnc3ccccc23)C1. The molecule has 0 saturated carbocycles. The number of para-hydroxylation sites is 1. The molecule has 1 unspecified atom stereocenters. The minimum atomic E-state index is -0.736. The van der Waals surface area contributed by atoms with Gasteiger partial charge in [0.25, 0.3) is 0 Å². The second kappa shape index (κ2) is 4.74. The number of benzene rings is 1. The van der Waals surface area contributed by atoms with E-state index in [4.69, 9.17) is 0 Å². The molecule has 1 atom stereocenters. The highest BCUT2D eigenvalue weighted by Crippen LogP contribution is 2.33. The van der Waals surface area contributed by atoms with Gasteiger partial charge in [-0.15, -0.1) is 0 Å². The number of nitrogens with zero attached hydrogens (tertiary/aromatic N) is 3. The highest BCUT2D eigenvalue weighted by molar-refractivity contribution is 5.89. The van der Waals surface area contributed by atoms with E-state index in [9.17, 15) is 9.90 Å². The van der Waals surface area contributed by atoms with Crippen LogP contribution in [-0.2, 0) is 4.79 Å². The summed E-state index contributed by atoms with van der Waals surface area (Å²) in [5.74, 6) is 0.100. The molecule has 2 heterocycles. The van der Waals surface area contributed by atoms with Crippen LogP contribution in [0.3, 0.4) is 0 Å². The Labute approximate surface area is 117 Å². The molecule has 1 aromatic heterocycles. The van der Waals surface area contributed by atoms with Crippen molar-refractivity contribution in [3.05, 3.63) is 30.6 Å². The van der Waals surface area contributed by atoms with E-state index in [-0.39, 0.29) is 0 Å². The second-order valence-corrected chi connectivity index (χ2v) is 5.61. The van der Waals surface area contributed by atoms with Crippen LogP contribution in [0.5, 0.6) is 0 Å². The molecule has 5 nitrogen and oxygen atoms in total. The Morgan fingerprint density at radius 1 is 1.35 bits per heavy atom. The van der Waals surface area contributed by atoms with E-state index in [1.807, 2.05) is 31.2 Å². The van der Waals surface area contributed by atoms with E-state index in [1.165, 1.54) is 0 Å². The van der Waals surface area contributed by atoms with Crippen molar-refractivity contribution in [1.29, 1.82) is 0 Å². The van der Waals surface area contributed by atoms with E-state index < -0.39 is 11.4 Å². The molecule has 1 aromatic carbocycles. The summed E-state index contributed by atoms with van der Waals surface area (Å²) in [5, 5.41) is 10.4. The summed E-state index contributed by atoms with van der Waals surface area (Å²) >= 11 is 0. The lowest BCUT2D eigenvalue weighted by Crippen LogP contribution is -2.46. The van der Waals surface area contributed by atoms with Gasteiger partial charge in [0.2, 0.25) is 0 Å². The Morgan fingerprint density at radius 2 is 2.15 bits per heavy atom. The number of aromatic nitrogens is 2. The summed E-state index contributed by atoms with van der Waals surface area (Å²) in [7, 11) is 0. The Morgan fingerprint density at radius 3 is 2.95 bits per heavy atom. The van der Waals surface area contributed by atoms with Crippen molar-refractivity contribution in [3.8, 4) is 0 Å². The van der Waals surface area contributed by atoms with Crippen LogP contribution in [0.2, 0.25) is 0 Å². The first kappa shape index (κ1) is 12.8. The lowest BCUT2D eigenvalue weighted by Gasteiger charge is -2.38. The van der Waals surface area contributed by atoms with Gasteiger partial charge in [0.15, 0.2) is 0 Å². The van der Waals surface area contributed by atoms with Gasteiger partial charge >= 0.3 is 5.97 Å². The number of hydrogen-bond acceptors (Lipinski definition) is 4. The summed E-state index contributed by atoms with van der Waals surface area (Å²) < 4.78 is 0. The summed E-state index contributed by atoms with van der Waals surface area (Å²) in [6.45, 7) is 3.14. The molecule has 1 fully saturated rings. The summed E-state index contributed by atoms with van der Waals surface area (Å²) in [4.78, 5) is 22.2. The maximum atomic E-state index is 11.5. The van der Waals surface area contributed by atoms with Crippen molar-refractivity contribution in [3.63, 3.8) is 0 Å². The molecule has 1 saturated heterocycles. The molecule has 1 N–H and O–H groups in total. The van der Waals surface area contributed by atoms with Crippen molar-refractivity contribution < 1.29 is 9.90 Å². The first-order valence-electron chi connectivity index (χ1n) is 6.78. The van der Waals surface area contributed by atoms with E-state index in [0.29, 0.717) is 13.0 Å². The van der Waals surface area contributed by atoms with Gasteiger partial charge in [-0.05, 0) is 31.9 Å². The minimum Gasteiger partial charge on any atom is -0.481 e.